The second-order valence-electron chi connectivity index (χ2n) is 4.95. The molecular formula is C15H17N3O4. The van der Waals surface area contributed by atoms with Gasteiger partial charge in [0.1, 0.15) is 12.3 Å². The van der Waals surface area contributed by atoms with Crippen LogP contribution in [0.3, 0.4) is 0 Å². The van der Waals surface area contributed by atoms with Gasteiger partial charge in [0.15, 0.2) is 5.82 Å². The summed E-state index contributed by atoms with van der Waals surface area (Å²) in [6.07, 6.45) is -0.686. The van der Waals surface area contributed by atoms with E-state index in [-0.39, 0.29) is 24.2 Å². The summed E-state index contributed by atoms with van der Waals surface area (Å²) in [5.74, 6) is -0.962. The lowest BCUT2D eigenvalue weighted by atomic mass is 10.2. The molecule has 0 aliphatic rings. The highest BCUT2D eigenvalue weighted by Crippen LogP contribution is 2.15. The molecule has 1 aromatic heterocycles. The van der Waals surface area contributed by atoms with Crippen molar-refractivity contribution >= 4 is 17.9 Å². The summed E-state index contributed by atoms with van der Waals surface area (Å²) in [4.78, 5) is 22.8. The molecule has 0 aliphatic carbocycles. The van der Waals surface area contributed by atoms with Crippen molar-refractivity contribution in [2.75, 3.05) is 5.32 Å². The Morgan fingerprint density at radius 2 is 2.00 bits per heavy atom. The number of nitrogens with zero attached hydrogens (tertiary/aromatic N) is 2. The van der Waals surface area contributed by atoms with Gasteiger partial charge in [-0.2, -0.15) is 5.10 Å². The summed E-state index contributed by atoms with van der Waals surface area (Å²) < 4.78 is 6.38. The third-order valence-corrected chi connectivity index (χ3v) is 2.89. The van der Waals surface area contributed by atoms with E-state index in [1.54, 1.807) is 13.8 Å². The van der Waals surface area contributed by atoms with Gasteiger partial charge in [0.25, 0.3) is 0 Å². The molecule has 7 heteroatoms. The first-order chi connectivity index (χ1) is 10.5. The van der Waals surface area contributed by atoms with E-state index in [1.165, 1.54) is 10.7 Å². The van der Waals surface area contributed by atoms with Gasteiger partial charge in [-0.25, -0.2) is 9.59 Å². The molecule has 2 N–H and O–H groups in total. The van der Waals surface area contributed by atoms with Crippen LogP contribution < -0.4 is 5.32 Å². The number of aromatic nitrogens is 2. The fraction of sp³-hybridized carbons (Fsp3) is 0.267. The van der Waals surface area contributed by atoms with E-state index in [1.807, 2.05) is 30.3 Å². The zero-order valence-corrected chi connectivity index (χ0v) is 12.3. The molecule has 116 valence electrons. The number of anilines is 1. The number of carboxylic acid groups (broad SMARTS) is 1. The molecular weight excluding hydrogens is 286 g/mol. The smallest absolute Gasteiger partial charge is 0.413 e. The molecule has 0 fully saturated rings. The quantitative estimate of drug-likeness (QED) is 0.885. The highest BCUT2D eigenvalue weighted by molar-refractivity contribution is 5.89. The van der Waals surface area contributed by atoms with Gasteiger partial charge in [-0.15, -0.1) is 0 Å². The Labute approximate surface area is 127 Å². The molecule has 1 heterocycles. The number of aromatic carboxylic acids is 1. The fourth-order valence-corrected chi connectivity index (χ4v) is 1.87. The van der Waals surface area contributed by atoms with E-state index in [9.17, 15) is 9.59 Å². The van der Waals surface area contributed by atoms with Crippen LogP contribution in [0.1, 0.15) is 35.9 Å². The van der Waals surface area contributed by atoms with Crippen molar-refractivity contribution < 1.29 is 19.4 Å². The number of amides is 1. The fourth-order valence-electron chi connectivity index (χ4n) is 1.87. The van der Waals surface area contributed by atoms with E-state index in [2.05, 4.69) is 10.4 Å². The maximum Gasteiger partial charge on any atom is 0.413 e. The topological polar surface area (TPSA) is 93.5 Å². The molecule has 0 saturated heterocycles. The first-order valence-corrected chi connectivity index (χ1v) is 6.78. The normalized spacial score (nSPS) is 10.5. The minimum Gasteiger partial charge on any atom is -0.477 e. The Kier molecular flexibility index (Phi) is 4.77. The number of hydrogen-bond acceptors (Lipinski definition) is 4. The highest BCUT2D eigenvalue weighted by Gasteiger charge is 2.17. The molecule has 0 radical (unpaired) electrons. The number of carboxylic acids is 1. The Bertz CT molecular complexity index is 665. The summed E-state index contributed by atoms with van der Waals surface area (Å²) in [5.41, 5.74) is 0.866. The van der Waals surface area contributed by atoms with Gasteiger partial charge >= 0.3 is 12.1 Å². The van der Waals surface area contributed by atoms with E-state index in [0.29, 0.717) is 0 Å². The Morgan fingerprint density at radius 1 is 1.32 bits per heavy atom. The van der Waals surface area contributed by atoms with Gasteiger partial charge in [-0.05, 0) is 19.4 Å². The second kappa shape index (κ2) is 6.75. The number of hydrogen-bond donors (Lipinski definition) is 2. The average Bonchev–Trinajstić information content (AvgIpc) is 2.90. The molecule has 0 aliphatic heterocycles. The van der Waals surface area contributed by atoms with Gasteiger partial charge < -0.3 is 9.84 Å². The first kappa shape index (κ1) is 15.6. The van der Waals surface area contributed by atoms with Crippen LogP contribution >= 0.6 is 0 Å². The number of benzene rings is 1. The van der Waals surface area contributed by atoms with Crippen molar-refractivity contribution in [3.8, 4) is 0 Å². The monoisotopic (exact) mass is 303 g/mol. The largest absolute Gasteiger partial charge is 0.477 e. The minimum absolute atomic E-state index is 0.00774. The molecule has 0 unspecified atom stereocenters. The predicted molar refractivity (Wildman–Crippen MR) is 79.8 cm³/mol. The molecule has 0 saturated carbocycles. The lowest BCUT2D eigenvalue weighted by Gasteiger charge is -2.07. The first-order valence-electron chi connectivity index (χ1n) is 6.78. The lowest BCUT2D eigenvalue weighted by molar-refractivity contribution is 0.0681. The molecule has 7 nitrogen and oxygen atoms in total. The summed E-state index contributed by atoms with van der Waals surface area (Å²) >= 11 is 0. The summed E-state index contributed by atoms with van der Waals surface area (Å²) in [5, 5.41) is 15.6. The highest BCUT2D eigenvalue weighted by atomic mass is 16.5. The number of nitrogens with one attached hydrogen (secondary N) is 1. The van der Waals surface area contributed by atoms with Crippen molar-refractivity contribution in [1.82, 2.24) is 9.78 Å². The van der Waals surface area contributed by atoms with Crippen LogP contribution in [-0.4, -0.2) is 26.9 Å². The average molecular weight is 303 g/mol. The molecule has 1 amide bonds. The van der Waals surface area contributed by atoms with Crippen molar-refractivity contribution in [3.05, 3.63) is 47.7 Å². The summed E-state index contributed by atoms with van der Waals surface area (Å²) in [6, 6.07) is 10.4. The number of rotatable bonds is 5. The number of carbonyl (C=O) groups excluding carboxylic acids is 1. The Morgan fingerprint density at radius 3 is 2.55 bits per heavy atom. The van der Waals surface area contributed by atoms with Crippen LogP contribution in [0.2, 0.25) is 0 Å². The van der Waals surface area contributed by atoms with Gasteiger partial charge in [0.2, 0.25) is 0 Å². The lowest BCUT2D eigenvalue weighted by Crippen LogP contribution is -2.15. The molecule has 2 aromatic rings. The maximum absolute atomic E-state index is 11.7. The van der Waals surface area contributed by atoms with Gasteiger partial charge in [0, 0.05) is 12.1 Å². The summed E-state index contributed by atoms with van der Waals surface area (Å²) in [6.45, 7) is 3.73. The number of carbonyl (C=O) groups is 2. The van der Waals surface area contributed by atoms with Gasteiger partial charge in [0.05, 0.1) is 0 Å². The van der Waals surface area contributed by atoms with Crippen molar-refractivity contribution in [2.45, 2.75) is 26.5 Å². The van der Waals surface area contributed by atoms with Gasteiger partial charge in [-0.3, -0.25) is 10.00 Å². The predicted octanol–water partition coefficient (Wildman–Crippen LogP) is 2.91. The van der Waals surface area contributed by atoms with E-state index in [0.717, 1.165) is 5.56 Å². The van der Waals surface area contributed by atoms with Crippen molar-refractivity contribution in [3.63, 3.8) is 0 Å². The van der Waals surface area contributed by atoms with Crippen LogP contribution in [0.4, 0.5) is 10.6 Å². The van der Waals surface area contributed by atoms with E-state index < -0.39 is 12.1 Å². The van der Waals surface area contributed by atoms with E-state index >= 15 is 0 Å². The van der Waals surface area contributed by atoms with E-state index in [4.69, 9.17) is 9.84 Å². The second-order valence-corrected chi connectivity index (χ2v) is 4.95. The van der Waals surface area contributed by atoms with Crippen molar-refractivity contribution in [2.24, 2.45) is 0 Å². The van der Waals surface area contributed by atoms with Crippen LogP contribution in [0, 0.1) is 0 Å². The molecule has 22 heavy (non-hydrogen) atoms. The molecule has 1 aromatic carbocycles. The van der Waals surface area contributed by atoms with Gasteiger partial charge in [-0.1, -0.05) is 30.3 Å². The molecule has 0 bridgehead atoms. The molecule has 2 rings (SSSR count). The zero-order chi connectivity index (χ0) is 16.1. The Hall–Kier alpha value is -2.83. The maximum atomic E-state index is 11.7. The minimum atomic E-state index is -1.10. The SMILES string of the molecule is CC(C)n1nc(NC(=O)OCc2ccccc2)cc1C(=O)O. The molecule has 0 atom stereocenters. The van der Waals surface area contributed by atoms with Crippen LogP contribution in [-0.2, 0) is 11.3 Å². The standard InChI is InChI=1S/C15H17N3O4/c1-10(2)18-12(14(19)20)8-13(17-18)16-15(21)22-9-11-6-4-3-5-7-11/h3-8,10H,9H2,1-2H3,(H,19,20)(H,16,17,21). The van der Waals surface area contributed by atoms with Crippen LogP contribution in [0.5, 0.6) is 0 Å². The molecule has 0 spiro atoms. The number of ether oxygens (including phenoxy) is 1. The third kappa shape index (κ3) is 3.85. The third-order valence-electron chi connectivity index (χ3n) is 2.89. The zero-order valence-electron chi connectivity index (χ0n) is 12.3. The van der Waals surface area contributed by atoms with Crippen LogP contribution in [0.25, 0.3) is 0 Å². The Balaban J connectivity index is 1.99. The summed E-state index contributed by atoms with van der Waals surface area (Å²) in [7, 11) is 0. The van der Waals surface area contributed by atoms with Crippen molar-refractivity contribution in [1.29, 1.82) is 0 Å². The van der Waals surface area contributed by atoms with Crippen LogP contribution in [0.15, 0.2) is 36.4 Å².